The second kappa shape index (κ2) is 6.68. The van der Waals surface area contributed by atoms with Gasteiger partial charge in [0.2, 0.25) is 0 Å². The first kappa shape index (κ1) is 16.1. The molecule has 0 fully saturated rings. The molecule has 2 rings (SSSR count). The predicted octanol–water partition coefficient (Wildman–Crippen LogP) is 1.21. The summed E-state index contributed by atoms with van der Waals surface area (Å²) in [6, 6.07) is 0.349. The van der Waals surface area contributed by atoms with Gasteiger partial charge >= 0.3 is 0 Å². The summed E-state index contributed by atoms with van der Waals surface area (Å²) in [5, 5.41) is 11.3. The summed E-state index contributed by atoms with van der Waals surface area (Å²) in [7, 11) is 1.81. The van der Waals surface area contributed by atoms with Gasteiger partial charge in [0.05, 0.1) is 6.54 Å². The van der Waals surface area contributed by atoms with Gasteiger partial charge in [-0.2, -0.15) is 16.9 Å². The Morgan fingerprint density at radius 1 is 1.52 bits per heavy atom. The molecular formula is C14H26N6S. The maximum Gasteiger partial charge on any atom is 0.191 e. The lowest BCUT2D eigenvalue weighted by molar-refractivity contribution is 0.392. The highest BCUT2D eigenvalue weighted by molar-refractivity contribution is 7.99. The third-order valence-electron chi connectivity index (χ3n) is 3.76. The SMILES string of the molecule is CN=C(NCC(C)(C)SC)NC1CCc2nc(C)nn2C1. The molecule has 7 heteroatoms. The lowest BCUT2D eigenvalue weighted by Crippen LogP contribution is -2.49. The van der Waals surface area contributed by atoms with Crippen LogP contribution < -0.4 is 10.6 Å². The van der Waals surface area contributed by atoms with Crippen molar-refractivity contribution < 1.29 is 0 Å². The smallest absolute Gasteiger partial charge is 0.191 e. The lowest BCUT2D eigenvalue weighted by Gasteiger charge is -2.28. The number of guanidine groups is 1. The molecule has 1 unspecified atom stereocenters. The van der Waals surface area contributed by atoms with Crippen molar-refractivity contribution in [1.82, 2.24) is 25.4 Å². The molecule has 0 radical (unpaired) electrons. The first-order valence-corrected chi connectivity index (χ1v) is 8.58. The minimum Gasteiger partial charge on any atom is -0.355 e. The number of nitrogens with one attached hydrogen (secondary N) is 2. The Bertz CT molecular complexity index is 508. The third-order valence-corrected chi connectivity index (χ3v) is 5.01. The minimum absolute atomic E-state index is 0.195. The number of aryl methyl sites for hydroxylation is 2. The van der Waals surface area contributed by atoms with E-state index >= 15 is 0 Å². The van der Waals surface area contributed by atoms with Crippen LogP contribution in [0, 0.1) is 6.92 Å². The molecule has 0 aromatic carbocycles. The van der Waals surface area contributed by atoms with E-state index in [9.17, 15) is 0 Å². The highest BCUT2D eigenvalue weighted by Gasteiger charge is 2.22. The highest BCUT2D eigenvalue weighted by atomic mass is 32.2. The normalized spacial score (nSPS) is 19.3. The number of thioether (sulfide) groups is 1. The second-order valence-electron chi connectivity index (χ2n) is 6.03. The largest absolute Gasteiger partial charge is 0.355 e. The fourth-order valence-electron chi connectivity index (χ4n) is 2.31. The van der Waals surface area contributed by atoms with E-state index < -0.39 is 0 Å². The molecular weight excluding hydrogens is 284 g/mol. The maximum absolute atomic E-state index is 4.44. The minimum atomic E-state index is 0.195. The average Bonchev–Trinajstić information content (AvgIpc) is 2.82. The van der Waals surface area contributed by atoms with E-state index in [0.29, 0.717) is 6.04 Å². The summed E-state index contributed by atoms with van der Waals surface area (Å²) in [6.07, 6.45) is 4.16. The molecule has 0 spiro atoms. The number of fused-ring (bicyclic) bond motifs is 1. The first-order chi connectivity index (χ1) is 9.93. The fraction of sp³-hybridized carbons (Fsp3) is 0.786. The molecule has 6 nitrogen and oxygen atoms in total. The van der Waals surface area contributed by atoms with Crippen LogP contribution >= 0.6 is 11.8 Å². The van der Waals surface area contributed by atoms with E-state index in [1.165, 1.54) is 0 Å². The van der Waals surface area contributed by atoms with E-state index in [1.54, 1.807) is 0 Å². The van der Waals surface area contributed by atoms with E-state index in [0.717, 1.165) is 43.5 Å². The zero-order valence-electron chi connectivity index (χ0n) is 13.6. The van der Waals surface area contributed by atoms with Crippen molar-refractivity contribution in [2.24, 2.45) is 4.99 Å². The summed E-state index contributed by atoms with van der Waals surface area (Å²) in [4.78, 5) is 8.76. The molecule has 0 aliphatic carbocycles. The molecule has 2 heterocycles. The maximum atomic E-state index is 4.44. The van der Waals surface area contributed by atoms with Crippen molar-refractivity contribution in [2.45, 2.75) is 50.9 Å². The van der Waals surface area contributed by atoms with Gasteiger partial charge in [-0.3, -0.25) is 4.99 Å². The van der Waals surface area contributed by atoms with Crippen LogP contribution in [0.4, 0.5) is 0 Å². The molecule has 21 heavy (non-hydrogen) atoms. The Morgan fingerprint density at radius 3 is 2.95 bits per heavy atom. The van der Waals surface area contributed by atoms with Crippen LogP contribution in [0.1, 0.15) is 31.9 Å². The summed E-state index contributed by atoms with van der Waals surface area (Å²) >= 11 is 1.85. The molecule has 0 amide bonds. The molecule has 0 saturated heterocycles. The third kappa shape index (κ3) is 4.36. The Hall–Kier alpha value is -1.24. The summed E-state index contributed by atoms with van der Waals surface area (Å²) in [6.45, 7) is 8.13. The number of aromatic nitrogens is 3. The topological polar surface area (TPSA) is 67.1 Å². The van der Waals surface area contributed by atoms with Crippen LogP contribution in [-0.4, -0.2) is 51.4 Å². The van der Waals surface area contributed by atoms with Crippen molar-refractivity contribution in [2.75, 3.05) is 19.8 Å². The van der Waals surface area contributed by atoms with Crippen LogP contribution in [0.2, 0.25) is 0 Å². The molecule has 1 aromatic rings. The number of nitrogens with zero attached hydrogens (tertiary/aromatic N) is 4. The fourth-order valence-corrected chi connectivity index (χ4v) is 2.52. The van der Waals surface area contributed by atoms with Gasteiger partial charge < -0.3 is 10.6 Å². The Labute approximate surface area is 131 Å². The Balaban J connectivity index is 1.89. The van der Waals surface area contributed by atoms with Crippen LogP contribution in [-0.2, 0) is 13.0 Å². The summed E-state index contributed by atoms with van der Waals surface area (Å²) in [5.74, 6) is 2.81. The number of hydrogen-bond donors (Lipinski definition) is 2. The van der Waals surface area contributed by atoms with Crippen LogP contribution in [0.15, 0.2) is 4.99 Å². The van der Waals surface area contributed by atoms with Gasteiger partial charge in [0, 0.05) is 30.8 Å². The van der Waals surface area contributed by atoms with E-state index in [4.69, 9.17) is 0 Å². The number of hydrogen-bond acceptors (Lipinski definition) is 4. The van der Waals surface area contributed by atoms with Gasteiger partial charge in [-0.1, -0.05) is 0 Å². The lowest BCUT2D eigenvalue weighted by atomic mass is 10.1. The first-order valence-electron chi connectivity index (χ1n) is 7.36. The summed E-state index contributed by atoms with van der Waals surface area (Å²) in [5.41, 5.74) is 0. The standard InChI is InChI=1S/C14H26N6S/c1-10-17-12-7-6-11(8-20(12)19-10)18-13(15-4)16-9-14(2,3)21-5/h11H,6-9H2,1-5H3,(H2,15,16,18). The van der Waals surface area contributed by atoms with Gasteiger partial charge in [-0.15, -0.1) is 0 Å². The molecule has 1 atom stereocenters. The van der Waals surface area contributed by atoms with E-state index in [1.807, 2.05) is 30.4 Å². The number of aliphatic imine (C=N–C) groups is 1. The molecule has 2 N–H and O–H groups in total. The van der Waals surface area contributed by atoms with Gasteiger partial charge in [0.25, 0.3) is 0 Å². The van der Waals surface area contributed by atoms with Gasteiger partial charge in [0.1, 0.15) is 11.6 Å². The van der Waals surface area contributed by atoms with Crippen molar-refractivity contribution in [3.05, 3.63) is 11.6 Å². The van der Waals surface area contributed by atoms with Crippen molar-refractivity contribution in [3.63, 3.8) is 0 Å². The van der Waals surface area contributed by atoms with Crippen molar-refractivity contribution in [3.8, 4) is 0 Å². The Morgan fingerprint density at radius 2 is 2.29 bits per heavy atom. The van der Waals surface area contributed by atoms with E-state index in [2.05, 4.69) is 45.8 Å². The molecule has 1 aromatic heterocycles. The van der Waals surface area contributed by atoms with E-state index in [-0.39, 0.29) is 4.75 Å². The van der Waals surface area contributed by atoms with Gasteiger partial charge in [-0.25, -0.2) is 9.67 Å². The van der Waals surface area contributed by atoms with Gasteiger partial charge in [-0.05, 0) is 33.4 Å². The predicted molar refractivity (Wildman–Crippen MR) is 89.0 cm³/mol. The monoisotopic (exact) mass is 310 g/mol. The van der Waals surface area contributed by atoms with Crippen LogP contribution in [0.5, 0.6) is 0 Å². The zero-order chi connectivity index (χ0) is 15.5. The molecule has 1 aliphatic heterocycles. The molecule has 0 saturated carbocycles. The average molecular weight is 310 g/mol. The summed E-state index contributed by atoms with van der Waals surface area (Å²) < 4.78 is 2.20. The molecule has 0 bridgehead atoms. The van der Waals surface area contributed by atoms with Crippen molar-refractivity contribution >= 4 is 17.7 Å². The number of rotatable bonds is 4. The van der Waals surface area contributed by atoms with Crippen LogP contribution in [0.3, 0.4) is 0 Å². The Kier molecular flexibility index (Phi) is 5.13. The zero-order valence-corrected chi connectivity index (χ0v) is 14.4. The van der Waals surface area contributed by atoms with Gasteiger partial charge in [0.15, 0.2) is 5.96 Å². The van der Waals surface area contributed by atoms with Crippen LogP contribution in [0.25, 0.3) is 0 Å². The molecule has 118 valence electrons. The highest BCUT2D eigenvalue weighted by Crippen LogP contribution is 2.19. The van der Waals surface area contributed by atoms with Crippen molar-refractivity contribution in [1.29, 1.82) is 0 Å². The second-order valence-corrected chi connectivity index (χ2v) is 7.54. The molecule has 1 aliphatic rings. The quantitative estimate of drug-likeness (QED) is 0.646.